The molecule has 1 aromatic rings. The molecule has 1 aliphatic carbocycles. The van der Waals surface area contributed by atoms with E-state index in [1.54, 1.807) is 0 Å². The molecule has 0 amide bonds. The lowest BCUT2D eigenvalue weighted by Crippen LogP contribution is -2.02. The molecule has 2 nitrogen and oxygen atoms in total. The van der Waals surface area contributed by atoms with Crippen molar-refractivity contribution in [2.45, 2.75) is 32.6 Å². The smallest absolute Gasteiger partial charge is 0.306 e. The Labute approximate surface area is 107 Å². The molecule has 17 heavy (non-hydrogen) atoms. The average Bonchev–Trinajstić information content (AvgIpc) is 3.01. The molecule has 1 saturated carbocycles. The van der Waals surface area contributed by atoms with Crippen LogP contribution < -0.4 is 0 Å². The predicted octanol–water partition coefficient (Wildman–Crippen LogP) is 3.86. The fourth-order valence-corrected chi connectivity index (χ4v) is 2.49. The largest absolute Gasteiger partial charge is 0.481 e. The minimum atomic E-state index is -0.644. The number of hydrogen-bond donors (Lipinski definition) is 1. The van der Waals surface area contributed by atoms with Gasteiger partial charge >= 0.3 is 5.97 Å². The molecule has 1 aliphatic rings. The molecule has 0 spiro atoms. The van der Waals surface area contributed by atoms with Crippen LogP contribution in [-0.2, 0) is 4.79 Å². The first kappa shape index (κ1) is 12.4. The fourth-order valence-electron chi connectivity index (χ4n) is 2.38. The van der Waals surface area contributed by atoms with Crippen molar-refractivity contribution in [1.29, 1.82) is 0 Å². The summed E-state index contributed by atoms with van der Waals surface area (Å²) in [5.41, 5.74) is 2.34. The molecule has 0 bridgehead atoms. The molecule has 0 aliphatic heterocycles. The van der Waals surface area contributed by atoms with Crippen molar-refractivity contribution in [3.63, 3.8) is 0 Å². The van der Waals surface area contributed by atoms with Crippen LogP contribution in [-0.4, -0.2) is 11.1 Å². The number of aryl methyl sites for hydroxylation is 1. The van der Waals surface area contributed by atoms with Crippen LogP contribution in [0.15, 0.2) is 18.2 Å². The predicted molar refractivity (Wildman–Crippen MR) is 68.5 cm³/mol. The summed E-state index contributed by atoms with van der Waals surface area (Å²) in [7, 11) is 0. The van der Waals surface area contributed by atoms with E-state index < -0.39 is 5.97 Å². The van der Waals surface area contributed by atoms with Crippen molar-refractivity contribution >= 4 is 17.6 Å². The van der Waals surface area contributed by atoms with Crippen molar-refractivity contribution in [3.05, 3.63) is 34.3 Å². The minimum absolute atomic E-state index is 0.106. The molecule has 0 saturated heterocycles. The van der Waals surface area contributed by atoms with E-state index in [4.69, 9.17) is 16.7 Å². The minimum Gasteiger partial charge on any atom is -0.481 e. The average molecular weight is 253 g/mol. The maximum absolute atomic E-state index is 10.8. The van der Waals surface area contributed by atoms with E-state index in [0.717, 1.165) is 23.4 Å². The molecule has 0 heterocycles. The number of aliphatic carboxylic acids is 1. The van der Waals surface area contributed by atoms with E-state index in [1.165, 1.54) is 5.56 Å². The highest BCUT2D eigenvalue weighted by Gasteiger charge is 2.43. The first-order valence-corrected chi connectivity index (χ1v) is 6.35. The molecule has 0 radical (unpaired) electrons. The van der Waals surface area contributed by atoms with Crippen LogP contribution in [0, 0.1) is 18.8 Å². The summed E-state index contributed by atoms with van der Waals surface area (Å²) in [6.45, 7) is 4.15. The highest BCUT2D eigenvalue weighted by Crippen LogP contribution is 2.45. The van der Waals surface area contributed by atoms with E-state index in [-0.39, 0.29) is 5.92 Å². The monoisotopic (exact) mass is 252 g/mol. The van der Waals surface area contributed by atoms with Gasteiger partial charge in [0, 0.05) is 5.02 Å². The van der Waals surface area contributed by atoms with Gasteiger partial charge in [-0.05, 0) is 48.8 Å². The zero-order valence-electron chi connectivity index (χ0n) is 10.1. The van der Waals surface area contributed by atoms with Gasteiger partial charge in [0.05, 0.1) is 5.92 Å². The van der Waals surface area contributed by atoms with Gasteiger partial charge in [-0.25, -0.2) is 0 Å². The zero-order valence-corrected chi connectivity index (χ0v) is 10.9. The summed E-state index contributed by atoms with van der Waals surface area (Å²) in [5.74, 6) is 0.0131. The lowest BCUT2D eigenvalue weighted by molar-refractivity contribution is -0.138. The third-order valence-corrected chi connectivity index (χ3v) is 4.07. The van der Waals surface area contributed by atoms with Crippen molar-refractivity contribution in [3.8, 4) is 0 Å². The van der Waals surface area contributed by atoms with Gasteiger partial charge in [0.25, 0.3) is 0 Å². The van der Waals surface area contributed by atoms with Gasteiger partial charge in [0.15, 0.2) is 0 Å². The van der Waals surface area contributed by atoms with E-state index in [2.05, 4.69) is 13.0 Å². The van der Waals surface area contributed by atoms with Crippen LogP contribution >= 0.6 is 11.6 Å². The van der Waals surface area contributed by atoms with Crippen LogP contribution in [0.5, 0.6) is 0 Å². The fraction of sp³-hybridized carbons (Fsp3) is 0.500. The van der Waals surface area contributed by atoms with Crippen LogP contribution in [0.2, 0.25) is 5.02 Å². The molecular weight excluding hydrogens is 236 g/mol. The summed E-state index contributed by atoms with van der Waals surface area (Å²) >= 11 is 5.99. The Kier molecular flexibility index (Phi) is 3.43. The Hall–Kier alpha value is -1.02. The molecule has 1 N–H and O–H groups in total. The van der Waals surface area contributed by atoms with E-state index >= 15 is 0 Å². The summed E-state index contributed by atoms with van der Waals surface area (Å²) < 4.78 is 0. The number of carbonyl (C=O) groups is 1. The van der Waals surface area contributed by atoms with Crippen LogP contribution in [0.3, 0.4) is 0 Å². The second-order valence-electron chi connectivity index (χ2n) is 5.09. The number of halogens is 1. The Morgan fingerprint density at radius 2 is 2.29 bits per heavy atom. The first-order valence-electron chi connectivity index (χ1n) is 5.98. The van der Waals surface area contributed by atoms with Crippen LogP contribution in [0.1, 0.15) is 36.8 Å². The maximum atomic E-state index is 10.8. The normalized spacial score (nSPS) is 24.4. The molecular formula is C14H17ClO2. The first-order chi connectivity index (χ1) is 7.99. The van der Waals surface area contributed by atoms with Crippen LogP contribution in [0.25, 0.3) is 0 Å². The molecule has 92 valence electrons. The molecule has 3 atom stereocenters. The Balaban J connectivity index is 1.98. The highest BCUT2D eigenvalue weighted by atomic mass is 35.5. The summed E-state index contributed by atoms with van der Waals surface area (Å²) in [4.78, 5) is 10.8. The van der Waals surface area contributed by atoms with Gasteiger partial charge in [-0.1, -0.05) is 30.7 Å². The van der Waals surface area contributed by atoms with Crippen molar-refractivity contribution in [2.24, 2.45) is 11.8 Å². The zero-order chi connectivity index (χ0) is 12.6. The SMILES string of the molecule is Cc1cc(C(C)CC2CC2C(=O)O)ccc1Cl. The molecule has 1 aromatic carbocycles. The molecule has 2 rings (SSSR count). The Morgan fingerprint density at radius 3 is 2.82 bits per heavy atom. The van der Waals surface area contributed by atoms with Crippen molar-refractivity contribution < 1.29 is 9.90 Å². The second kappa shape index (κ2) is 4.69. The van der Waals surface area contributed by atoms with Gasteiger partial charge in [0.1, 0.15) is 0 Å². The molecule has 1 fully saturated rings. The van der Waals surface area contributed by atoms with Crippen LogP contribution in [0.4, 0.5) is 0 Å². The third-order valence-electron chi connectivity index (χ3n) is 3.65. The van der Waals surface area contributed by atoms with Gasteiger partial charge in [-0.15, -0.1) is 0 Å². The Morgan fingerprint density at radius 1 is 1.59 bits per heavy atom. The van der Waals surface area contributed by atoms with Gasteiger partial charge in [-0.3, -0.25) is 4.79 Å². The molecule has 3 heteroatoms. The maximum Gasteiger partial charge on any atom is 0.306 e. The van der Waals surface area contributed by atoms with E-state index in [1.807, 2.05) is 19.1 Å². The molecule has 3 unspecified atom stereocenters. The quantitative estimate of drug-likeness (QED) is 0.883. The van der Waals surface area contributed by atoms with Gasteiger partial charge in [0.2, 0.25) is 0 Å². The van der Waals surface area contributed by atoms with E-state index in [0.29, 0.717) is 11.8 Å². The number of carboxylic acids is 1. The summed E-state index contributed by atoms with van der Waals surface area (Å²) in [5, 5.41) is 9.66. The summed E-state index contributed by atoms with van der Waals surface area (Å²) in [6, 6.07) is 6.06. The van der Waals surface area contributed by atoms with E-state index in [9.17, 15) is 4.79 Å². The summed E-state index contributed by atoms with van der Waals surface area (Å²) in [6.07, 6.45) is 1.80. The number of hydrogen-bond acceptors (Lipinski definition) is 1. The lowest BCUT2D eigenvalue weighted by atomic mass is 9.94. The number of rotatable bonds is 4. The number of benzene rings is 1. The van der Waals surface area contributed by atoms with Gasteiger partial charge < -0.3 is 5.11 Å². The van der Waals surface area contributed by atoms with Crippen molar-refractivity contribution in [1.82, 2.24) is 0 Å². The van der Waals surface area contributed by atoms with Crippen molar-refractivity contribution in [2.75, 3.05) is 0 Å². The standard InChI is InChI=1S/C14H17ClO2/c1-8(5-11-7-12(11)14(16)17)10-3-4-13(15)9(2)6-10/h3-4,6,8,11-12H,5,7H2,1-2H3,(H,16,17). The topological polar surface area (TPSA) is 37.3 Å². The lowest BCUT2D eigenvalue weighted by Gasteiger charge is -2.12. The number of carboxylic acid groups (broad SMARTS) is 1. The second-order valence-corrected chi connectivity index (χ2v) is 5.49. The Bertz CT molecular complexity index is 442. The third kappa shape index (κ3) is 2.81. The van der Waals surface area contributed by atoms with Gasteiger partial charge in [-0.2, -0.15) is 0 Å². The molecule has 0 aromatic heterocycles. The highest BCUT2D eigenvalue weighted by molar-refractivity contribution is 6.31.